The smallest absolute Gasteiger partial charge is 0.183 e. The molecule has 15 heavy (non-hydrogen) atoms. The van der Waals surface area contributed by atoms with Crippen LogP contribution in [0.3, 0.4) is 0 Å². The van der Waals surface area contributed by atoms with Gasteiger partial charge in [0.1, 0.15) is 0 Å². The molecule has 3 heteroatoms. The fourth-order valence-electron chi connectivity index (χ4n) is 1.43. The van der Waals surface area contributed by atoms with Crippen LogP contribution in [0.5, 0.6) is 0 Å². The third-order valence-corrected chi connectivity index (χ3v) is 3.15. The summed E-state index contributed by atoms with van der Waals surface area (Å²) in [4.78, 5) is 4.38. The Morgan fingerprint density at radius 1 is 1.27 bits per heavy atom. The molecule has 1 unspecified atom stereocenters. The van der Waals surface area contributed by atoms with Crippen LogP contribution in [0.15, 0.2) is 35.7 Å². The highest BCUT2D eigenvalue weighted by Gasteiger charge is 2.06. The summed E-state index contributed by atoms with van der Waals surface area (Å²) in [6.45, 7) is 4.15. The zero-order valence-electron chi connectivity index (χ0n) is 8.90. The number of anilines is 1. The number of aromatic nitrogens is 1. The largest absolute Gasteiger partial charge is 0.355 e. The van der Waals surface area contributed by atoms with E-state index in [2.05, 4.69) is 46.9 Å². The summed E-state index contributed by atoms with van der Waals surface area (Å²) < 4.78 is 0. The van der Waals surface area contributed by atoms with Crippen molar-refractivity contribution < 1.29 is 0 Å². The molecule has 0 spiro atoms. The monoisotopic (exact) mass is 218 g/mol. The fourth-order valence-corrected chi connectivity index (χ4v) is 2.21. The number of nitrogens with zero attached hydrogens (tertiary/aromatic N) is 1. The van der Waals surface area contributed by atoms with Gasteiger partial charge in [-0.05, 0) is 19.4 Å². The highest BCUT2D eigenvalue weighted by molar-refractivity contribution is 7.13. The minimum absolute atomic E-state index is 0.303. The molecule has 1 atom stereocenters. The van der Waals surface area contributed by atoms with E-state index in [0.717, 1.165) is 10.8 Å². The van der Waals surface area contributed by atoms with Gasteiger partial charge < -0.3 is 5.32 Å². The Kier molecular flexibility index (Phi) is 3.02. The lowest BCUT2D eigenvalue weighted by Gasteiger charge is -2.12. The second kappa shape index (κ2) is 4.45. The number of hydrogen-bond acceptors (Lipinski definition) is 3. The lowest BCUT2D eigenvalue weighted by Crippen LogP contribution is -2.05. The molecule has 0 amide bonds. The molecule has 0 aliphatic heterocycles. The molecule has 2 aromatic rings. The molecule has 1 aromatic carbocycles. The summed E-state index contributed by atoms with van der Waals surface area (Å²) in [5.41, 5.74) is 2.35. The predicted octanol–water partition coefficient (Wildman–Crippen LogP) is 3.62. The second-order valence-corrected chi connectivity index (χ2v) is 4.43. The quantitative estimate of drug-likeness (QED) is 0.851. The molecule has 2 rings (SSSR count). The third kappa shape index (κ3) is 2.57. The maximum Gasteiger partial charge on any atom is 0.183 e. The molecular weight excluding hydrogens is 204 g/mol. The fraction of sp³-hybridized carbons (Fsp3) is 0.250. The Hall–Kier alpha value is -1.35. The van der Waals surface area contributed by atoms with Gasteiger partial charge in [-0.1, -0.05) is 30.3 Å². The van der Waals surface area contributed by atoms with Gasteiger partial charge >= 0.3 is 0 Å². The number of aryl methyl sites for hydroxylation is 1. The first-order valence-electron chi connectivity index (χ1n) is 4.99. The first-order valence-corrected chi connectivity index (χ1v) is 5.87. The van der Waals surface area contributed by atoms with Crippen molar-refractivity contribution in [3.63, 3.8) is 0 Å². The Bertz CT molecular complexity index is 422. The van der Waals surface area contributed by atoms with Crippen molar-refractivity contribution in [2.75, 3.05) is 5.32 Å². The zero-order valence-corrected chi connectivity index (χ0v) is 9.71. The molecule has 0 radical (unpaired) electrons. The van der Waals surface area contributed by atoms with E-state index in [1.165, 1.54) is 5.56 Å². The number of rotatable bonds is 3. The highest BCUT2D eigenvalue weighted by Crippen LogP contribution is 2.21. The summed E-state index contributed by atoms with van der Waals surface area (Å²) in [5.74, 6) is 0. The molecule has 1 aromatic heterocycles. The topological polar surface area (TPSA) is 24.9 Å². The molecule has 1 N–H and O–H groups in total. The molecule has 0 aliphatic rings. The predicted molar refractivity (Wildman–Crippen MR) is 65.3 cm³/mol. The van der Waals surface area contributed by atoms with Gasteiger partial charge in [0.2, 0.25) is 0 Å². The Morgan fingerprint density at radius 2 is 2.00 bits per heavy atom. The minimum atomic E-state index is 0.303. The first-order chi connectivity index (χ1) is 7.25. The van der Waals surface area contributed by atoms with Crippen molar-refractivity contribution in [3.8, 4) is 0 Å². The van der Waals surface area contributed by atoms with Gasteiger partial charge in [0, 0.05) is 5.38 Å². The third-order valence-electron chi connectivity index (χ3n) is 2.26. The van der Waals surface area contributed by atoms with Gasteiger partial charge in [-0.25, -0.2) is 4.98 Å². The first kappa shape index (κ1) is 10.2. The Morgan fingerprint density at radius 3 is 2.60 bits per heavy atom. The highest BCUT2D eigenvalue weighted by atomic mass is 32.1. The average molecular weight is 218 g/mol. The van der Waals surface area contributed by atoms with Crippen LogP contribution in [-0.2, 0) is 0 Å². The minimum Gasteiger partial charge on any atom is -0.355 e. The van der Waals surface area contributed by atoms with E-state index in [1.54, 1.807) is 11.3 Å². The van der Waals surface area contributed by atoms with Gasteiger partial charge in [-0.2, -0.15) is 0 Å². The van der Waals surface area contributed by atoms with Crippen LogP contribution in [0.2, 0.25) is 0 Å². The molecule has 0 saturated carbocycles. The van der Waals surface area contributed by atoms with E-state index in [9.17, 15) is 0 Å². The van der Waals surface area contributed by atoms with Gasteiger partial charge in [0.05, 0.1) is 11.7 Å². The summed E-state index contributed by atoms with van der Waals surface area (Å²) in [6.07, 6.45) is 0. The molecule has 78 valence electrons. The SMILES string of the molecule is Cc1csc(NC(C)c2ccccc2)n1. The van der Waals surface area contributed by atoms with Crippen LogP contribution in [0.25, 0.3) is 0 Å². The molecule has 0 bridgehead atoms. The molecular formula is C12H14N2S. The lowest BCUT2D eigenvalue weighted by molar-refractivity contribution is 0.880. The van der Waals surface area contributed by atoms with Crippen molar-refractivity contribution in [1.29, 1.82) is 0 Å². The lowest BCUT2D eigenvalue weighted by atomic mass is 10.1. The van der Waals surface area contributed by atoms with Crippen LogP contribution < -0.4 is 5.32 Å². The van der Waals surface area contributed by atoms with Crippen LogP contribution in [0.4, 0.5) is 5.13 Å². The van der Waals surface area contributed by atoms with Crippen LogP contribution in [-0.4, -0.2) is 4.98 Å². The number of benzene rings is 1. The zero-order chi connectivity index (χ0) is 10.7. The Labute approximate surface area is 94.0 Å². The van der Waals surface area contributed by atoms with Crippen molar-refractivity contribution in [1.82, 2.24) is 4.98 Å². The molecule has 2 nitrogen and oxygen atoms in total. The Balaban J connectivity index is 2.07. The maximum absolute atomic E-state index is 4.38. The van der Waals surface area contributed by atoms with Crippen molar-refractivity contribution in [3.05, 3.63) is 47.0 Å². The van der Waals surface area contributed by atoms with Crippen LogP contribution >= 0.6 is 11.3 Å². The molecule has 1 heterocycles. The summed E-state index contributed by atoms with van der Waals surface area (Å²) in [5, 5.41) is 6.43. The van der Waals surface area contributed by atoms with E-state index >= 15 is 0 Å². The molecule has 0 aliphatic carbocycles. The standard InChI is InChI=1S/C12H14N2S/c1-9-8-15-12(13-9)14-10(2)11-6-4-3-5-7-11/h3-8,10H,1-2H3,(H,13,14). The van der Waals surface area contributed by atoms with E-state index < -0.39 is 0 Å². The summed E-state index contributed by atoms with van der Waals surface area (Å²) in [6, 6.07) is 10.7. The maximum atomic E-state index is 4.38. The van der Waals surface area contributed by atoms with Gasteiger partial charge in [-0.3, -0.25) is 0 Å². The normalized spacial score (nSPS) is 12.4. The van der Waals surface area contributed by atoms with Crippen molar-refractivity contribution in [2.24, 2.45) is 0 Å². The number of hydrogen-bond donors (Lipinski definition) is 1. The second-order valence-electron chi connectivity index (χ2n) is 3.57. The van der Waals surface area contributed by atoms with Gasteiger partial charge in [0.25, 0.3) is 0 Å². The van der Waals surface area contributed by atoms with Gasteiger partial charge in [0.15, 0.2) is 5.13 Å². The van der Waals surface area contributed by atoms with Crippen molar-refractivity contribution >= 4 is 16.5 Å². The molecule has 0 fully saturated rings. The molecule has 0 saturated heterocycles. The average Bonchev–Trinajstić information content (AvgIpc) is 2.65. The van der Waals surface area contributed by atoms with E-state index in [4.69, 9.17) is 0 Å². The van der Waals surface area contributed by atoms with Gasteiger partial charge in [-0.15, -0.1) is 11.3 Å². The van der Waals surface area contributed by atoms with Crippen LogP contribution in [0.1, 0.15) is 24.2 Å². The van der Waals surface area contributed by atoms with Crippen molar-refractivity contribution in [2.45, 2.75) is 19.9 Å². The van der Waals surface area contributed by atoms with E-state index in [1.807, 2.05) is 13.0 Å². The van der Waals surface area contributed by atoms with E-state index in [-0.39, 0.29) is 0 Å². The number of nitrogens with one attached hydrogen (secondary N) is 1. The number of thiazole rings is 1. The summed E-state index contributed by atoms with van der Waals surface area (Å²) >= 11 is 1.65. The van der Waals surface area contributed by atoms with E-state index in [0.29, 0.717) is 6.04 Å². The summed E-state index contributed by atoms with van der Waals surface area (Å²) in [7, 11) is 0. The van der Waals surface area contributed by atoms with Crippen LogP contribution in [0, 0.1) is 6.92 Å².